The van der Waals surface area contributed by atoms with Crippen LogP contribution in [0.1, 0.15) is 39.1 Å². The van der Waals surface area contributed by atoms with Gasteiger partial charge in [-0.15, -0.1) is 10.2 Å². The SMILES string of the molecule is COc1cccc(CC(=O)N2CCCC(c3nnc(C(=O)Nc4cccc(Cl)c4)s3)C2)c1. The molecule has 1 saturated heterocycles. The lowest BCUT2D eigenvalue weighted by Gasteiger charge is -2.31. The van der Waals surface area contributed by atoms with E-state index in [2.05, 4.69) is 15.5 Å². The van der Waals surface area contributed by atoms with Crippen LogP contribution in [0.3, 0.4) is 0 Å². The molecule has 1 atom stereocenters. The number of methoxy groups -OCH3 is 1. The van der Waals surface area contributed by atoms with E-state index in [-0.39, 0.29) is 17.7 Å². The number of hydrogen-bond donors (Lipinski definition) is 1. The van der Waals surface area contributed by atoms with E-state index in [9.17, 15) is 9.59 Å². The summed E-state index contributed by atoms with van der Waals surface area (Å²) >= 11 is 7.24. The van der Waals surface area contributed by atoms with E-state index < -0.39 is 0 Å². The molecule has 1 aromatic heterocycles. The van der Waals surface area contributed by atoms with Gasteiger partial charge < -0.3 is 15.0 Å². The summed E-state index contributed by atoms with van der Waals surface area (Å²) in [6.45, 7) is 1.30. The summed E-state index contributed by atoms with van der Waals surface area (Å²) in [4.78, 5) is 27.3. The fourth-order valence-electron chi connectivity index (χ4n) is 3.72. The highest BCUT2D eigenvalue weighted by Crippen LogP contribution is 2.30. The van der Waals surface area contributed by atoms with Crippen LogP contribution in [0.5, 0.6) is 5.75 Å². The molecule has 0 aliphatic carbocycles. The van der Waals surface area contributed by atoms with Crippen LogP contribution in [0.4, 0.5) is 5.69 Å². The highest BCUT2D eigenvalue weighted by Gasteiger charge is 2.28. The minimum absolute atomic E-state index is 0.0724. The molecule has 1 aliphatic rings. The van der Waals surface area contributed by atoms with Crippen molar-refractivity contribution in [2.45, 2.75) is 25.2 Å². The first-order chi connectivity index (χ1) is 15.5. The maximum absolute atomic E-state index is 12.9. The Hall–Kier alpha value is -2.97. The van der Waals surface area contributed by atoms with E-state index in [1.807, 2.05) is 29.2 Å². The summed E-state index contributed by atoms with van der Waals surface area (Å²) in [6.07, 6.45) is 2.12. The van der Waals surface area contributed by atoms with Crippen molar-refractivity contribution in [2.24, 2.45) is 0 Å². The fraction of sp³-hybridized carbons (Fsp3) is 0.304. The molecule has 9 heteroatoms. The third kappa shape index (κ3) is 5.44. The van der Waals surface area contributed by atoms with Gasteiger partial charge in [-0.05, 0) is 48.7 Å². The molecule has 4 rings (SSSR count). The van der Waals surface area contributed by atoms with Crippen molar-refractivity contribution >= 4 is 40.4 Å². The molecule has 166 valence electrons. The molecule has 1 aliphatic heterocycles. The molecular formula is C23H23ClN4O3S. The number of halogens is 1. The molecule has 0 saturated carbocycles. The maximum Gasteiger partial charge on any atom is 0.286 e. The van der Waals surface area contributed by atoms with E-state index in [0.29, 0.717) is 28.7 Å². The summed E-state index contributed by atoms with van der Waals surface area (Å²) in [5.74, 6) is 0.566. The van der Waals surface area contributed by atoms with Gasteiger partial charge in [0.1, 0.15) is 10.8 Å². The van der Waals surface area contributed by atoms with Crippen molar-refractivity contribution in [3.05, 3.63) is 69.1 Å². The number of amides is 2. The average Bonchev–Trinajstić information content (AvgIpc) is 3.30. The second-order valence-electron chi connectivity index (χ2n) is 7.62. The third-order valence-electron chi connectivity index (χ3n) is 5.33. The Labute approximate surface area is 195 Å². The van der Waals surface area contributed by atoms with Gasteiger partial charge in [-0.25, -0.2) is 0 Å². The van der Waals surface area contributed by atoms with Gasteiger partial charge in [0.05, 0.1) is 13.5 Å². The summed E-state index contributed by atoms with van der Waals surface area (Å²) in [6, 6.07) is 14.5. The number of nitrogens with one attached hydrogen (secondary N) is 1. The van der Waals surface area contributed by atoms with Crippen LogP contribution in [0.2, 0.25) is 5.02 Å². The molecule has 32 heavy (non-hydrogen) atoms. The van der Waals surface area contributed by atoms with Crippen LogP contribution < -0.4 is 10.1 Å². The summed E-state index contributed by atoms with van der Waals surface area (Å²) in [7, 11) is 1.61. The van der Waals surface area contributed by atoms with Crippen molar-refractivity contribution in [1.82, 2.24) is 15.1 Å². The number of benzene rings is 2. The van der Waals surface area contributed by atoms with Crippen molar-refractivity contribution in [2.75, 3.05) is 25.5 Å². The Kier molecular flexibility index (Phi) is 7.02. The van der Waals surface area contributed by atoms with Gasteiger partial charge in [0.2, 0.25) is 10.9 Å². The Morgan fingerprint density at radius 1 is 1.22 bits per heavy atom. The third-order valence-corrected chi connectivity index (χ3v) is 6.65. The van der Waals surface area contributed by atoms with Gasteiger partial charge in [-0.2, -0.15) is 0 Å². The van der Waals surface area contributed by atoms with E-state index in [0.717, 1.165) is 35.7 Å². The number of nitrogens with zero attached hydrogens (tertiary/aromatic N) is 3. The highest BCUT2D eigenvalue weighted by atomic mass is 35.5. The monoisotopic (exact) mass is 470 g/mol. The van der Waals surface area contributed by atoms with Crippen LogP contribution in [0.25, 0.3) is 0 Å². The van der Waals surface area contributed by atoms with Crippen LogP contribution in [-0.4, -0.2) is 47.1 Å². The number of ether oxygens (including phenoxy) is 1. The van der Waals surface area contributed by atoms with Gasteiger partial charge in [0, 0.05) is 29.7 Å². The van der Waals surface area contributed by atoms with Crippen molar-refractivity contribution in [3.8, 4) is 5.75 Å². The Bertz CT molecular complexity index is 1120. The maximum atomic E-state index is 12.9. The summed E-state index contributed by atoms with van der Waals surface area (Å²) in [5.41, 5.74) is 1.53. The smallest absolute Gasteiger partial charge is 0.286 e. The second kappa shape index (κ2) is 10.1. The molecule has 1 N–H and O–H groups in total. The molecule has 2 amide bonds. The minimum atomic E-state index is -0.321. The van der Waals surface area contributed by atoms with E-state index in [1.165, 1.54) is 11.3 Å². The Morgan fingerprint density at radius 2 is 2.06 bits per heavy atom. The lowest BCUT2D eigenvalue weighted by molar-refractivity contribution is -0.131. The number of piperidine rings is 1. The predicted molar refractivity (Wildman–Crippen MR) is 125 cm³/mol. The topological polar surface area (TPSA) is 84.4 Å². The molecular weight excluding hydrogens is 448 g/mol. The zero-order chi connectivity index (χ0) is 22.5. The molecule has 3 aromatic rings. The number of carbonyl (C=O) groups excluding carboxylic acids is 2. The molecule has 0 radical (unpaired) electrons. The number of carbonyl (C=O) groups is 2. The van der Waals surface area contributed by atoms with E-state index in [1.54, 1.807) is 31.4 Å². The van der Waals surface area contributed by atoms with Crippen molar-refractivity contribution in [1.29, 1.82) is 0 Å². The average molecular weight is 471 g/mol. The first-order valence-corrected chi connectivity index (χ1v) is 11.5. The number of anilines is 1. The first-order valence-electron chi connectivity index (χ1n) is 10.3. The van der Waals surface area contributed by atoms with Crippen LogP contribution in [-0.2, 0) is 11.2 Å². The van der Waals surface area contributed by atoms with Gasteiger partial charge in [-0.3, -0.25) is 9.59 Å². The van der Waals surface area contributed by atoms with Gasteiger partial charge in [0.15, 0.2) is 0 Å². The molecule has 1 fully saturated rings. The largest absolute Gasteiger partial charge is 0.497 e. The molecule has 0 bridgehead atoms. The van der Waals surface area contributed by atoms with Crippen molar-refractivity contribution in [3.63, 3.8) is 0 Å². The van der Waals surface area contributed by atoms with Gasteiger partial charge in [0.25, 0.3) is 5.91 Å². The lowest BCUT2D eigenvalue weighted by Crippen LogP contribution is -2.39. The lowest BCUT2D eigenvalue weighted by atomic mass is 9.98. The Morgan fingerprint density at radius 3 is 2.88 bits per heavy atom. The zero-order valence-corrected chi connectivity index (χ0v) is 19.2. The normalized spacial score (nSPS) is 15.9. The van der Waals surface area contributed by atoms with Crippen LogP contribution in [0.15, 0.2) is 48.5 Å². The number of hydrogen-bond acceptors (Lipinski definition) is 6. The van der Waals surface area contributed by atoms with E-state index >= 15 is 0 Å². The quantitative estimate of drug-likeness (QED) is 0.577. The number of likely N-dealkylation sites (tertiary alicyclic amines) is 1. The Balaban J connectivity index is 1.38. The van der Waals surface area contributed by atoms with Crippen molar-refractivity contribution < 1.29 is 14.3 Å². The molecule has 0 spiro atoms. The van der Waals surface area contributed by atoms with E-state index in [4.69, 9.17) is 16.3 Å². The summed E-state index contributed by atoms with van der Waals surface area (Å²) < 4.78 is 5.24. The fourth-order valence-corrected chi connectivity index (χ4v) is 4.77. The number of rotatable bonds is 6. The summed E-state index contributed by atoms with van der Waals surface area (Å²) in [5, 5.41) is 12.7. The predicted octanol–water partition coefficient (Wildman–Crippen LogP) is 4.40. The van der Waals surface area contributed by atoms with Gasteiger partial charge in [-0.1, -0.05) is 41.1 Å². The molecule has 2 aromatic carbocycles. The minimum Gasteiger partial charge on any atom is -0.497 e. The van der Waals surface area contributed by atoms with Gasteiger partial charge >= 0.3 is 0 Å². The highest BCUT2D eigenvalue weighted by molar-refractivity contribution is 7.13. The molecule has 7 nitrogen and oxygen atoms in total. The number of aromatic nitrogens is 2. The second-order valence-corrected chi connectivity index (χ2v) is 9.06. The molecule has 1 unspecified atom stereocenters. The van der Waals surface area contributed by atoms with Crippen LogP contribution >= 0.6 is 22.9 Å². The van der Waals surface area contributed by atoms with Crippen LogP contribution in [0, 0.1) is 0 Å². The zero-order valence-electron chi connectivity index (χ0n) is 17.6. The molecule has 2 heterocycles. The first kappa shape index (κ1) is 22.2. The standard InChI is InChI=1S/C23H23ClN4O3S/c1-31-19-9-2-5-15(11-19)12-20(29)28-10-4-6-16(14-28)22-26-27-23(32-22)21(30)25-18-8-3-7-17(24)13-18/h2-3,5,7-9,11,13,16H,4,6,10,12,14H2,1H3,(H,25,30).